The third kappa shape index (κ3) is 12.9. The maximum absolute atomic E-state index is 14.4. The first-order valence-corrected chi connectivity index (χ1v) is 15.9. The summed E-state index contributed by atoms with van der Waals surface area (Å²) in [5, 5.41) is 5.58. The third-order valence-corrected chi connectivity index (χ3v) is 6.80. The van der Waals surface area contributed by atoms with Crippen LogP contribution in [0.1, 0.15) is 103 Å². The summed E-state index contributed by atoms with van der Waals surface area (Å²) < 4.78 is 11.1. The molecular formula is C36H53N3O6. The number of nitrogens with zero attached hydrogens (tertiary/aromatic N) is 1. The predicted molar refractivity (Wildman–Crippen MR) is 177 cm³/mol. The maximum atomic E-state index is 14.4. The van der Waals surface area contributed by atoms with E-state index in [2.05, 4.69) is 17.6 Å². The van der Waals surface area contributed by atoms with Crippen molar-refractivity contribution < 1.29 is 28.7 Å². The van der Waals surface area contributed by atoms with Gasteiger partial charge in [0, 0.05) is 13.0 Å². The average molecular weight is 624 g/mol. The molecule has 0 heterocycles. The van der Waals surface area contributed by atoms with Gasteiger partial charge in [0.25, 0.3) is 0 Å². The summed E-state index contributed by atoms with van der Waals surface area (Å²) in [4.78, 5) is 56.1. The highest BCUT2D eigenvalue weighted by atomic mass is 16.6. The summed E-state index contributed by atoms with van der Waals surface area (Å²) >= 11 is 0. The number of amides is 3. The van der Waals surface area contributed by atoms with E-state index in [0.29, 0.717) is 12.0 Å². The Morgan fingerprint density at radius 3 is 1.93 bits per heavy atom. The average Bonchev–Trinajstić information content (AvgIpc) is 2.89. The minimum absolute atomic E-state index is 0.210. The molecule has 0 aliphatic rings. The molecule has 248 valence electrons. The topological polar surface area (TPSA) is 114 Å². The van der Waals surface area contributed by atoms with Crippen LogP contribution >= 0.6 is 0 Å². The van der Waals surface area contributed by atoms with Crippen LogP contribution in [0.5, 0.6) is 0 Å². The number of carbonyl (C=O) groups excluding carboxylic acids is 4. The van der Waals surface area contributed by atoms with Gasteiger partial charge in [0.05, 0.1) is 0 Å². The van der Waals surface area contributed by atoms with Crippen LogP contribution in [0.15, 0.2) is 48.5 Å². The van der Waals surface area contributed by atoms with Gasteiger partial charge >= 0.3 is 12.1 Å². The minimum atomic E-state index is -1.07. The molecule has 9 nitrogen and oxygen atoms in total. The lowest BCUT2D eigenvalue weighted by Gasteiger charge is -2.35. The molecule has 0 fully saturated rings. The van der Waals surface area contributed by atoms with E-state index in [1.165, 1.54) is 4.90 Å². The molecule has 3 amide bonds. The summed E-state index contributed by atoms with van der Waals surface area (Å²) in [6.07, 6.45) is 1.88. The molecule has 0 aliphatic heterocycles. The van der Waals surface area contributed by atoms with Gasteiger partial charge in [-0.3, -0.25) is 9.59 Å². The van der Waals surface area contributed by atoms with Gasteiger partial charge in [-0.2, -0.15) is 0 Å². The standard InChI is InChI=1S/C36H53N3O6/c1-11-12-16-19-39(32(41)26(4)37-34(43)45-36(8,9)10)30(28-21-24(2)20-25(3)22-28)31(40)38-29(33(42)44-35(5,6)7)23-27-17-14-13-15-18-27/h13-15,17-18,20-22,26,29-30H,11-12,16,19,23H2,1-10H3,(H,37,43)(H,38,40). The molecule has 0 saturated heterocycles. The summed E-state index contributed by atoms with van der Waals surface area (Å²) in [5.41, 5.74) is 1.80. The van der Waals surface area contributed by atoms with Gasteiger partial charge in [-0.25, -0.2) is 9.59 Å². The molecule has 3 unspecified atom stereocenters. The number of carbonyl (C=O) groups is 4. The number of nitrogens with one attached hydrogen (secondary N) is 2. The molecule has 0 spiro atoms. The van der Waals surface area contributed by atoms with Crippen LogP contribution in [0.3, 0.4) is 0 Å². The molecule has 2 aromatic rings. The highest BCUT2D eigenvalue weighted by Crippen LogP contribution is 2.26. The van der Waals surface area contributed by atoms with Crippen molar-refractivity contribution in [3.8, 4) is 0 Å². The fraction of sp³-hybridized carbons (Fsp3) is 0.556. The van der Waals surface area contributed by atoms with Gasteiger partial charge < -0.3 is 25.0 Å². The molecule has 2 aromatic carbocycles. The first-order chi connectivity index (χ1) is 20.9. The SMILES string of the molecule is CCCCCN(C(=O)C(C)NC(=O)OC(C)(C)C)C(C(=O)NC(Cc1ccccc1)C(=O)OC(C)(C)C)c1cc(C)cc(C)c1. The summed E-state index contributed by atoms with van der Waals surface area (Å²) in [6.45, 7) is 18.3. The molecule has 9 heteroatoms. The zero-order valence-corrected chi connectivity index (χ0v) is 28.8. The van der Waals surface area contributed by atoms with Crippen molar-refractivity contribution in [2.75, 3.05) is 6.54 Å². The highest BCUT2D eigenvalue weighted by molar-refractivity contribution is 5.94. The van der Waals surface area contributed by atoms with Crippen molar-refractivity contribution in [3.63, 3.8) is 0 Å². The number of ether oxygens (including phenoxy) is 2. The van der Waals surface area contributed by atoms with Crippen LogP contribution in [-0.2, 0) is 30.3 Å². The van der Waals surface area contributed by atoms with Crippen LogP contribution in [0.2, 0.25) is 0 Å². The van der Waals surface area contributed by atoms with Gasteiger partial charge in [-0.05, 0) is 79.9 Å². The number of benzene rings is 2. The fourth-order valence-corrected chi connectivity index (χ4v) is 5.00. The molecular weight excluding hydrogens is 570 g/mol. The zero-order chi connectivity index (χ0) is 33.9. The monoisotopic (exact) mass is 623 g/mol. The van der Waals surface area contributed by atoms with E-state index in [-0.39, 0.29) is 13.0 Å². The van der Waals surface area contributed by atoms with Crippen molar-refractivity contribution in [3.05, 3.63) is 70.8 Å². The molecule has 2 N–H and O–H groups in total. The quantitative estimate of drug-likeness (QED) is 0.199. The Hall–Kier alpha value is -3.88. The Kier molecular flexibility index (Phi) is 13.6. The van der Waals surface area contributed by atoms with Crippen LogP contribution in [0, 0.1) is 13.8 Å². The lowest BCUT2D eigenvalue weighted by Crippen LogP contribution is -2.54. The van der Waals surface area contributed by atoms with Gasteiger partial charge in [-0.1, -0.05) is 79.4 Å². The number of aryl methyl sites for hydroxylation is 2. The summed E-state index contributed by atoms with van der Waals surface area (Å²) in [6, 6.07) is 12.1. The second kappa shape index (κ2) is 16.4. The van der Waals surface area contributed by atoms with Crippen molar-refractivity contribution in [2.45, 2.75) is 124 Å². The number of alkyl carbamates (subject to hydrolysis) is 1. The molecule has 2 rings (SSSR count). The number of unbranched alkanes of at least 4 members (excludes halogenated alkanes) is 2. The van der Waals surface area contributed by atoms with Gasteiger partial charge in [-0.15, -0.1) is 0 Å². The van der Waals surface area contributed by atoms with Crippen LogP contribution in [0.4, 0.5) is 4.79 Å². The van der Waals surface area contributed by atoms with Gasteiger partial charge in [0.15, 0.2) is 0 Å². The minimum Gasteiger partial charge on any atom is -0.458 e. The molecule has 0 aromatic heterocycles. The highest BCUT2D eigenvalue weighted by Gasteiger charge is 2.37. The number of esters is 1. The Morgan fingerprint density at radius 2 is 1.40 bits per heavy atom. The predicted octanol–water partition coefficient (Wildman–Crippen LogP) is 6.35. The second-order valence-electron chi connectivity index (χ2n) is 13.7. The van der Waals surface area contributed by atoms with Crippen molar-refractivity contribution in [1.29, 1.82) is 0 Å². The lowest BCUT2D eigenvalue weighted by molar-refractivity contribution is -0.159. The third-order valence-electron chi connectivity index (χ3n) is 6.80. The number of hydrogen-bond donors (Lipinski definition) is 2. The number of hydrogen-bond acceptors (Lipinski definition) is 6. The molecule has 0 aliphatic carbocycles. The summed E-state index contributed by atoms with van der Waals surface area (Å²) in [5.74, 6) is -1.52. The van der Waals surface area contributed by atoms with E-state index in [1.807, 2.05) is 62.4 Å². The first kappa shape index (κ1) is 37.3. The van der Waals surface area contributed by atoms with E-state index in [1.54, 1.807) is 48.5 Å². The van der Waals surface area contributed by atoms with Crippen LogP contribution < -0.4 is 10.6 Å². The Morgan fingerprint density at radius 1 is 0.822 bits per heavy atom. The first-order valence-electron chi connectivity index (χ1n) is 15.9. The number of rotatable bonds is 13. The van der Waals surface area contributed by atoms with E-state index >= 15 is 0 Å². The van der Waals surface area contributed by atoms with Gasteiger partial charge in [0.1, 0.15) is 29.3 Å². The van der Waals surface area contributed by atoms with E-state index in [9.17, 15) is 19.2 Å². The maximum Gasteiger partial charge on any atom is 0.408 e. The van der Waals surface area contributed by atoms with Crippen LogP contribution in [-0.4, -0.2) is 58.6 Å². The van der Waals surface area contributed by atoms with Crippen molar-refractivity contribution in [1.82, 2.24) is 15.5 Å². The Labute approximate surface area is 269 Å². The zero-order valence-electron chi connectivity index (χ0n) is 28.8. The van der Waals surface area contributed by atoms with Gasteiger partial charge in [0.2, 0.25) is 11.8 Å². The molecule has 0 saturated carbocycles. The van der Waals surface area contributed by atoms with E-state index in [4.69, 9.17) is 9.47 Å². The molecule has 0 radical (unpaired) electrons. The normalized spacial score (nSPS) is 13.6. The van der Waals surface area contributed by atoms with E-state index < -0.39 is 53.2 Å². The van der Waals surface area contributed by atoms with Crippen molar-refractivity contribution >= 4 is 23.9 Å². The van der Waals surface area contributed by atoms with Crippen LogP contribution in [0.25, 0.3) is 0 Å². The lowest BCUT2D eigenvalue weighted by atomic mass is 9.97. The largest absolute Gasteiger partial charge is 0.458 e. The van der Waals surface area contributed by atoms with Crippen molar-refractivity contribution in [2.24, 2.45) is 0 Å². The van der Waals surface area contributed by atoms with E-state index in [0.717, 1.165) is 29.5 Å². The molecule has 0 bridgehead atoms. The molecule has 3 atom stereocenters. The summed E-state index contributed by atoms with van der Waals surface area (Å²) in [7, 11) is 0. The molecule has 45 heavy (non-hydrogen) atoms. The fourth-order valence-electron chi connectivity index (χ4n) is 5.00. The Balaban J connectivity index is 2.57. The Bertz CT molecular complexity index is 1280. The second-order valence-corrected chi connectivity index (χ2v) is 13.7. The smallest absolute Gasteiger partial charge is 0.408 e.